The summed E-state index contributed by atoms with van der Waals surface area (Å²) < 4.78 is 12.7. The highest BCUT2D eigenvalue weighted by molar-refractivity contribution is 6.31. The molecule has 1 fully saturated rings. The first kappa shape index (κ1) is 9.90. The molecule has 0 unspecified atom stereocenters. The molecule has 1 heterocycles. The van der Waals surface area contributed by atoms with Crippen LogP contribution in [0.4, 0.5) is 4.39 Å². The molecule has 2 rings (SSSR count). The summed E-state index contributed by atoms with van der Waals surface area (Å²) in [6.45, 7) is 2.03. The van der Waals surface area contributed by atoms with E-state index in [1.54, 1.807) is 6.07 Å². The van der Waals surface area contributed by atoms with Crippen LogP contribution in [0.3, 0.4) is 0 Å². The van der Waals surface area contributed by atoms with E-state index in [4.69, 9.17) is 16.7 Å². The molecule has 1 aromatic rings. The molecule has 2 nitrogen and oxygen atoms in total. The summed E-state index contributed by atoms with van der Waals surface area (Å²) >= 11 is 5.86. The van der Waals surface area contributed by atoms with E-state index in [0.717, 1.165) is 5.56 Å². The third kappa shape index (κ3) is 2.05. The fourth-order valence-electron chi connectivity index (χ4n) is 1.56. The molecule has 0 radical (unpaired) electrons. The molecule has 1 aliphatic heterocycles. The van der Waals surface area contributed by atoms with Gasteiger partial charge in [0, 0.05) is 24.7 Å². The second kappa shape index (κ2) is 3.85. The second-order valence-corrected chi connectivity index (χ2v) is 3.99. The van der Waals surface area contributed by atoms with Crippen molar-refractivity contribution in [1.29, 1.82) is 0 Å². The number of hydrogen-bond donors (Lipinski definition) is 1. The summed E-state index contributed by atoms with van der Waals surface area (Å²) in [6, 6.07) is 4.40. The van der Waals surface area contributed by atoms with Gasteiger partial charge in [0.25, 0.3) is 0 Å². The van der Waals surface area contributed by atoms with Crippen LogP contribution in [0.1, 0.15) is 5.56 Å². The van der Waals surface area contributed by atoms with Crippen LogP contribution in [0.5, 0.6) is 0 Å². The molecule has 0 aromatic heterocycles. The summed E-state index contributed by atoms with van der Waals surface area (Å²) in [6.07, 6.45) is -0.214. The Bertz CT molecular complexity index is 339. The van der Waals surface area contributed by atoms with Crippen LogP contribution in [-0.2, 0) is 6.54 Å². The molecule has 4 heteroatoms. The zero-order chi connectivity index (χ0) is 10.1. The SMILES string of the molecule is OC1CN(Cc2ccc(F)cc2Cl)C1. The quantitative estimate of drug-likeness (QED) is 0.811. The van der Waals surface area contributed by atoms with Crippen molar-refractivity contribution in [2.45, 2.75) is 12.6 Å². The minimum atomic E-state index is -0.317. The fraction of sp³-hybridized carbons (Fsp3) is 0.400. The van der Waals surface area contributed by atoms with Gasteiger partial charge in [-0.2, -0.15) is 0 Å². The van der Waals surface area contributed by atoms with Gasteiger partial charge in [-0.3, -0.25) is 4.90 Å². The van der Waals surface area contributed by atoms with Gasteiger partial charge in [-0.1, -0.05) is 17.7 Å². The van der Waals surface area contributed by atoms with E-state index < -0.39 is 0 Å². The Kier molecular flexibility index (Phi) is 2.72. The normalized spacial score (nSPS) is 18.2. The van der Waals surface area contributed by atoms with E-state index in [-0.39, 0.29) is 11.9 Å². The van der Waals surface area contributed by atoms with Gasteiger partial charge in [-0.25, -0.2) is 4.39 Å². The fourth-order valence-corrected chi connectivity index (χ4v) is 1.79. The van der Waals surface area contributed by atoms with Crippen LogP contribution in [0, 0.1) is 5.82 Å². The van der Waals surface area contributed by atoms with E-state index in [9.17, 15) is 4.39 Å². The van der Waals surface area contributed by atoms with Crippen LogP contribution in [0.25, 0.3) is 0 Å². The van der Waals surface area contributed by atoms with Gasteiger partial charge in [0.15, 0.2) is 0 Å². The Morgan fingerprint density at radius 1 is 1.50 bits per heavy atom. The molecule has 1 N–H and O–H groups in total. The van der Waals surface area contributed by atoms with Gasteiger partial charge in [-0.15, -0.1) is 0 Å². The van der Waals surface area contributed by atoms with Crippen molar-refractivity contribution in [3.63, 3.8) is 0 Å². The molecule has 1 aliphatic rings. The van der Waals surface area contributed by atoms with Crippen molar-refractivity contribution in [2.75, 3.05) is 13.1 Å². The zero-order valence-corrected chi connectivity index (χ0v) is 8.34. The second-order valence-electron chi connectivity index (χ2n) is 3.58. The average Bonchev–Trinajstić information content (AvgIpc) is 2.06. The smallest absolute Gasteiger partial charge is 0.124 e. The molecule has 0 spiro atoms. The molecular formula is C10H11ClFNO. The van der Waals surface area contributed by atoms with E-state index in [1.807, 2.05) is 0 Å². The summed E-state index contributed by atoms with van der Waals surface area (Å²) in [5, 5.41) is 9.53. The molecule has 0 amide bonds. The number of benzene rings is 1. The topological polar surface area (TPSA) is 23.5 Å². The molecule has 0 atom stereocenters. The number of β-amino-alcohol motifs (C(OH)–C–C–N with tert-alkyl or cyclic N) is 1. The third-order valence-corrected chi connectivity index (χ3v) is 2.70. The van der Waals surface area contributed by atoms with Crippen LogP contribution in [0.15, 0.2) is 18.2 Å². The number of rotatable bonds is 2. The zero-order valence-electron chi connectivity index (χ0n) is 7.58. The Hall–Kier alpha value is -0.640. The van der Waals surface area contributed by atoms with Crippen molar-refractivity contribution in [2.24, 2.45) is 0 Å². The van der Waals surface area contributed by atoms with Crippen LogP contribution >= 0.6 is 11.6 Å². The van der Waals surface area contributed by atoms with Gasteiger partial charge in [0.2, 0.25) is 0 Å². The minimum Gasteiger partial charge on any atom is -0.390 e. The van der Waals surface area contributed by atoms with Gasteiger partial charge in [-0.05, 0) is 17.7 Å². The first-order chi connectivity index (χ1) is 6.65. The number of halogens is 2. The monoisotopic (exact) mass is 215 g/mol. The maximum Gasteiger partial charge on any atom is 0.124 e. The van der Waals surface area contributed by atoms with Gasteiger partial charge < -0.3 is 5.11 Å². The maximum absolute atomic E-state index is 12.7. The molecule has 1 aromatic carbocycles. The number of nitrogens with zero attached hydrogens (tertiary/aromatic N) is 1. The highest BCUT2D eigenvalue weighted by Crippen LogP contribution is 2.21. The number of hydrogen-bond acceptors (Lipinski definition) is 2. The molecule has 14 heavy (non-hydrogen) atoms. The van der Waals surface area contributed by atoms with E-state index in [2.05, 4.69) is 4.90 Å². The van der Waals surface area contributed by atoms with E-state index in [1.165, 1.54) is 12.1 Å². The predicted octanol–water partition coefficient (Wildman–Crippen LogP) is 1.66. The maximum atomic E-state index is 12.7. The lowest BCUT2D eigenvalue weighted by Gasteiger charge is -2.35. The van der Waals surface area contributed by atoms with Crippen LogP contribution < -0.4 is 0 Å². The summed E-state index contributed by atoms with van der Waals surface area (Å²) in [5.41, 5.74) is 0.903. The molecule has 0 aliphatic carbocycles. The summed E-state index contributed by atoms with van der Waals surface area (Å²) in [7, 11) is 0. The van der Waals surface area contributed by atoms with Crippen molar-refractivity contribution in [3.05, 3.63) is 34.6 Å². The highest BCUT2D eigenvalue weighted by atomic mass is 35.5. The summed E-state index contributed by atoms with van der Waals surface area (Å²) in [5.74, 6) is -0.317. The number of aliphatic hydroxyl groups is 1. The predicted molar refractivity (Wildman–Crippen MR) is 52.7 cm³/mol. The lowest BCUT2D eigenvalue weighted by atomic mass is 10.1. The van der Waals surface area contributed by atoms with Gasteiger partial charge in [0.1, 0.15) is 5.82 Å². The number of likely N-dealkylation sites (tertiary alicyclic amines) is 1. The molecule has 0 bridgehead atoms. The molecule has 1 saturated heterocycles. The third-order valence-electron chi connectivity index (χ3n) is 2.35. The first-order valence-corrected chi connectivity index (χ1v) is 4.87. The first-order valence-electron chi connectivity index (χ1n) is 4.49. The van der Waals surface area contributed by atoms with Crippen molar-refractivity contribution in [1.82, 2.24) is 4.90 Å². The molecule has 76 valence electrons. The lowest BCUT2D eigenvalue weighted by Crippen LogP contribution is -2.49. The van der Waals surface area contributed by atoms with E-state index >= 15 is 0 Å². The molecular weight excluding hydrogens is 205 g/mol. The Morgan fingerprint density at radius 3 is 2.79 bits per heavy atom. The Balaban J connectivity index is 2.02. The standard InChI is InChI=1S/C10H11ClFNO/c11-10-3-8(12)2-1-7(10)4-13-5-9(14)6-13/h1-3,9,14H,4-6H2. The van der Waals surface area contributed by atoms with E-state index in [0.29, 0.717) is 24.7 Å². The Labute approximate surface area is 86.9 Å². The minimum absolute atomic E-state index is 0.214. The highest BCUT2D eigenvalue weighted by Gasteiger charge is 2.24. The van der Waals surface area contributed by atoms with Crippen LogP contribution in [-0.4, -0.2) is 29.2 Å². The van der Waals surface area contributed by atoms with Crippen molar-refractivity contribution >= 4 is 11.6 Å². The Morgan fingerprint density at radius 2 is 2.21 bits per heavy atom. The van der Waals surface area contributed by atoms with Gasteiger partial charge >= 0.3 is 0 Å². The van der Waals surface area contributed by atoms with Crippen LogP contribution in [0.2, 0.25) is 5.02 Å². The number of aliphatic hydroxyl groups excluding tert-OH is 1. The van der Waals surface area contributed by atoms with Gasteiger partial charge in [0.05, 0.1) is 6.10 Å². The van der Waals surface area contributed by atoms with Crippen molar-refractivity contribution < 1.29 is 9.50 Å². The lowest BCUT2D eigenvalue weighted by molar-refractivity contribution is -0.00286. The summed E-state index contributed by atoms with van der Waals surface area (Å²) in [4.78, 5) is 2.06. The average molecular weight is 216 g/mol. The van der Waals surface area contributed by atoms with Crippen molar-refractivity contribution in [3.8, 4) is 0 Å². The largest absolute Gasteiger partial charge is 0.390 e. The molecule has 0 saturated carbocycles.